The van der Waals surface area contributed by atoms with Gasteiger partial charge >= 0.3 is 0 Å². The van der Waals surface area contributed by atoms with Crippen molar-refractivity contribution in [1.82, 2.24) is 5.32 Å². The molecule has 1 N–H and O–H groups in total. The lowest BCUT2D eigenvalue weighted by atomic mass is 9.93. The average molecular weight is 185 g/mol. The van der Waals surface area contributed by atoms with Gasteiger partial charge in [0.05, 0.1) is 0 Å². The van der Waals surface area contributed by atoms with E-state index in [-0.39, 0.29) is 18.1 Å². The molecule has 4 nitrogen and oxygen atoms in total. The molecule has 1 rings (SSSR count). The maximum Gasteiger partial charge on any atom is 0.293 e. The number of ether oxygens (including phenoxy) is 1. The minimum atomic E-state index is 0.0137. The Morgan fingerprint density at radius 2 is 2.00 bits per heavy atom. The molecular weight excluding hydrogens is 170 g/mol. The smallest absolute Gasteiger partial charge is 0.293 e. The predicted molar refractivity (Wildman–Crippen MR) is 47.0 cm³/mol. The summed E-state index contributed by atoms with van der Waals surface area (Å²) >= 11 is 0. The van der Waals surface area contributed by atoms with E-state index in [1.165, 1.54) is 6.92 Å². The lowest BCUT2D eigenvalue weighted by Gasteiger charge is -2.27. The third-order valence-corrected chi connectivity index (χ3v) is 2.33. The van der Waals surface area contributed by atoms with Gasteiger partial charge in [-0.05, 0) is 25.7 Å². The maximum atomic E-state index is 10.7. The van der Waals surface area contributed by atoms with Gasteiger partial charge in [0.15, 0.2) is 0 Å². The summed E-state index contributed by atoms with van der Waals surface area (Å²) in [4.78, 5) is 20.8. The molecule has 0 atom stereocenters. The first kappa shape index (κ1) is 10.0. The van der Waals surface area contributed by atoms with Gasteiger partial charge in [-0.1, -0.05) is 0 Å². The molecule has 1 aliphatic rings. The van der Waals surface area contributed by atoms with Crippen molar-refractivity contribution >= 4 is 12.4 Å². The first-order chi connectivity index (χ1) is 6.22. The van der Waals surface area contributed by atoms with E-state index in [1.807, 2.05) is 0 Å². The standard InChI is InChI=1S/C9H15NO3/c1-7(12)10-8-2-4-9(5-3-8)13-6-11/h6,8-9H,2-5H2,1H3,(H,10,12). The molecule has 4 heteroatoms. The van der Waals surface area contributed by atoms with Gasteiger partial charge in [0, 0.05) is 13.0 Å². The molecule has 0 heterocycles. The summed E-state index contributed by atoms with van der Waals surface area (Å²) in [6.07, 6.45) is 3.56. The van der Waals surface area contributed by atoms with E-state index in [4.69, 9.17) is 4.74 Å². The highest BCUT2D eigenvalue weighted by molar-refractivity contribution is 5.73. The minimum absolute atomic E-state index is 0.0137. The molecule has 0 aromatic carbocycles. The van der Waals surface area contributed by atoms with Crippen molar-refractivity contribution in [2.75, 3.05) is 0 Å². The predicted octanol–water partition coefficient (Wildman–Crippen LogP) is 0.607. The monoisotopic (exact) mass is 185 g/mol. The van der Waals surface area contributed by atoms with E-state index in [0.29, 0.717) is 6.47 Å². The molecule has 0 radical (unpaired) electrons. The van der Waals surface area contributed by atoms with Crippen LogP contribution in [0.4, 0.5) is 0 Å². The van der Waals surface area contributed by atoms with Crippen LogP contribution in [0, 0.1) is 0 Å². The van der Waals surface area contributed by atoms with Crippen molar-refractivity contribution in [3.63, 3.8) is 0 Å². The Morgan fingerprint density at radius 1 is 1.38 bits per heavy atom. The molecule has 0 spiro atoms. The summed E-state index contributed by atoms with van der Waals surface area (Å²) in [5.74, 6) is 0.0137. The van der Waals surface area contributed by atoms with Crippen LogP contribution in [0.3, 0.4) is 0 Å². The highest BCUT2D eigenvalue weighted by atomic mass is 16.5. The van der Waals surface area contributed by atoms with Crippen LogP contribution < -0.4 is 5.32 Å². The Bertz CT molecular complexity index is 185. The van der Waals surface area contributed by atoms with Crippen molar-refractivity contribution in [3.05, 3.63) is 0 Å². The van der Waals surface area contributed by atoms with Gasteiger partial charge in [0.2, 0.25) is 5.91 Å². The summed E-state index contributed by atoms with van der Waals surface area (Å²) < 4.78 is 4.84. The third-order valence-electron chi connectivity index (χ3n) is 2.33. The highest BCUT2D eigenvalue weighted by Crippen LogP contribution is 2.20. The van der Waals surface area contributed by atoms with Gasteiger partial charge in [-0.2, -0.15) is 0 Å². The number of amides is 1. The summed E-state index contributed by atoms with van der Waals surface area (Å²) in [5, 5.41) is 2.86. The number of carbonyl (C=O) groups excluding carboxylic acids is 2. The van der Waals surface area contributed by atoms with Gasteiger partial charge < -0.3 is 10.1 Å². The van der Waals surface area contributed by atoms with Crippen LogP contribution in [0.15, 0.2) is 0 Å². The van der Waals surface area contributed by atoms with Gasteiger partial charge in [0.1, 0.15) is 6.10 Å². The number of carbonyl (C=O) groups is 2. The van der Waals surface area contributed by atoms with Crippen LogP contribution >= 0.6 is 0 Å². The Balaban J connectivity index is 2.22. The maximum absolute atomic E-state index is 10.7. The lowest BCUT2D eigenvalue weighted by Crippen LogP contribution is -2.37. The van der Waals surface area contributed by atoms with Crippen LogP contribution in [0.2, 0.25) is 0 Å². The van der Waals surface area contributed by atoms with Crippen LogP contribution in [-0.2, 0) is 14.3 Å². The lowest BCUT2D eigenvalue weighted by molar-refractivity contribution is -0.135. The fraction of sp³-hybridized carbons (Fsp3) is 0.778. The Kier molecular flexibility index (Phi) is 3.73. The summed E-state index contributed by atoms with van der Waals surface area (Å²) in [6.45, 7) is 2.03. The largest absolute Gasteiger partial charge is 0.465 e. The molecule has 0 bridgehead atoms. The molecule has 0 aromatic heterocycles. The zero-order chi connectivity index (χ0) is 9.68. The van der Waals surface area contributed by atoms with Gasteiger partial charge in [-0.15, -0.1) is 0 Å². The van der Waals surface area contributed by atoms with Crippen molar-refractivity contribution in [2.24, 2.45) is 0 Å². The molecule has 1 saturated carbocycles. The van der Waals surface area contributed by atoms with E-state index in [2.05, 4.69) is 5.32 Å². The zero-order valence-electron chi connectivity index (χ0n) is 7.79. The SMILES string of the molecule is CC(=O)NC1CCC(OC=O)CC1. The van der Waals surface area contributed by atoms with E-state index in [9.17, 15) is 9.59 Å². The van der Waals surface area contributed by atoms with Crippen molar-refractivity contribution in [3.8, 4) is 0 Å². The number of hydrogen-bond donors (Lipinski definition) is 1. The van der Waals surface area contributed by atoms with Crippen molar-refractivity contribution < 1.29 is 14.3 Å². The van der Waals surface area contributed by atoms with Crippen molar-refractivity contribution in [1.29, 1.82) is 0 Å². The molecule has 1 aliphatic carbocycles. The molecule has 13 heavy (non-hydrogen) atoms. The summed E-state index contributed by atoms with van der Waals surface area (Å²) in [5.41, 5.74) is 0. The second-order valence-corrected chi connectivity index (χ2v) is 3.41. The zero-order valence-corrected chi connectivity index (χ0v) is 7.79. The Labute approximate surface area is 77.6 Å². The number of nitrogens with one attached hydrogen (secondary N) is 1. The Hall–Kier alpha value is -1.06. The first-order valence-electron chi connectivity index (χ1n) is 4.58. The molecule has 1 fully saturated rings. The van der Waals surface area contributed by atoms with Gasteiger partial charge in [-0.25, -0.2) is 0 Å². The van der Waals surface area contributed by atoms with E-state index in [0.717, 1.165) is 25.7 Å². The molecule has 0 saturated heterocycles. The summed E-state index contributed by atoms with van der Waals surface area (Å²) in [6, 6.07) is 0.268. The van der Waals surface area contributed by atoms with Gasteiger partial charge in [-0.3, -0.25) is 9.59 Å². The third kappa shape index (κ3) is 3.44. The molecule has 74 valence electrons. The molecule has 0 unspecified atom stereocenters. The van der Waals surface area contributed by atoms with Crippen molar-refractivity contribution in [2.45, 2.75) is 44.8 Å². The van der Waals surface area contributed by atoms with E-state index < -0.39 is 0 Å². The topological polar surface area (TPSA) is 55.4 Å². The highest BCUT2D eigenvalue weighted by Gasteiger charge is 2.21. The first-order valence-corrected chi connectivity index (χ1v) is 4.58. The molecule has 1 amide bonds. The quantitative estimate of drug-likeness (QED) is 0.655. The normalized spacial score (nSPS) is 27.8. The summed E-state index contributed by atoms with van der Waals surface area (Å²) in [7, 11) is 0. The fourth-order valence-electron chi connectivity index (χ4n) is 1.71. The molecule has 0 aromatic rings. The van der Waals surface area contributed by atoms with E-state index >= 15 is 0 Å². The molecule has 0 aliphatic heterocycles. The second kappa shape index (κ2) is 4.84. The van der Waals surface area contributed by atoms with Crippen LogP contribution in [0.1, 0.15) is 32.6 Å². The van der Waals surface area contributed by atoms with Crippen LogP contribution in [0.25, 0.3) is 0 Å². The van der Waals surface area contributed by atoms with Crippen LogP contribution in [-0.4, -0.2) is 24.5 Å². The number of hydrogen-bond acceptors (Lipinski definition) is 3. The average Bonchev–Trinajstić information content (AvgIpc) is 2.08. The van der Waals surface area contributed by atoms with Gasteiger partial charge in [0.25, 0.3) is 6.47 Å². The fourth-order valence-corrected chi connectivity index (χ4v) is 1.71. The second-order valence-electron chi connectivity index (χ2n) is 3.41. The Morgan fingerprint density at radius 3 is 2.46 bits per heavy atom. The van der Waals surface area contributed by atoms with Crippen LogP contribution in [0.5, 0.6) is 0 Å². The molecular formula is C9H15NO3. The minimum Gasteiger partial charge on any atom is -0.465 e. The van der Waals surface area contributed by atoms with E-state index in [1.54, 1.807) is 0 Å². The number of rotatable bonds is 3.